The van der Waals surface area contributed by atoms with Gasteiger partial charge in [-0.1, -0.05) is 17.8 Å². The minimum Gasteiger partial charge on any atom is -0.311 e. The van der Waals surface area contributed by atoms with Gasteiger partial charge in [-0.2, -0.15) is 0 Å². The van der Waals surface area contributed by atoms with E-state index >= 15 is 0 Å². The number of carbonyl (C=O) groups excluding carboxylic acids is 2. The Labute approximate surface area is 133 Å². The van der Waals surface area contributed by atoms with E-state index in [-0.39, 0.29) is 16.9 Å². The van der Waals surface area contributed by atoms with Crippen LogP contribution in [-0.4, -0.2) is 28.3 Å². The van der Waals surface area contributed by atoms with Crippen molar-refractivity contribution in [3.63, 3.8) is 0 Å². The van der Waals surface area contributed by atoms with Gasteiger partial charge in [0.15, 0.2) is 5.12 Å². The smallest absolute Gasteiger partial charge is 0.227 e. The van der Waals surface area contributed by atoms with Crippen molar-refractivity contribution >= 4 is 39.4 Å². The Morgan fingerprint density at radius 3 is 3.00 bits per heavy atom. The first-order valence-electron chi connectivity index (χ1n) is 7.34. The van der Waals surface area contributed by atoms with Gasteiger partial charge in [0.25, 0.3) is 0 Å². The molecular formula is C17H18N2O2S. The molecule has 22 heavy (non-hydrogen) atoms. The van der Waals surface area contributed by atoms with Gasteiger partial charge in [0.05, 0.1) is 11.2 Å². The third-order valence-electron chi connectivity index (χ3n) is 3.97. The predicted molar refractivity (Wildman–Crippen MR) is 90.1 cm³/mol. The third kappa shape index (κ3) is 2.86. The summed E-state index contributed by atoms with van der Waals surface area (Å²) < 4.78 is 0. The first-order valence-corrected chi connectivity index (χ1v) is 8.33. The summed E-state index contributed by atoms with van der Waals surface area (Å²) in [5, 5.41) is 1.12. The predicted octanol–water partition coefficient (Wildman–Crippen LogP) is 3.18. The standard InChI is InChI=1S/C17H18N2O2S/c1-11-5-6-15(14-4-3-7-18-17(11)14)19-9-13(8-16(19)21)10-22-12(2)20/h3-7,13H,8-10H2,1-2H3. The maximum atomic E-state index is 12.4. The molecule has 1 unspecified atom stereocenters. The molecule has 0 bridgehead atoms. The highest BCUT2D eigenvalue weighted by atomic mass is 32.2. The largest absolute Gasteiger partial charge is 0.311 e. The molecule has 1 aromatic carbocycles. The summed E-state index contributed by atoms with van der Waals surface area (Å²) in [7, 11) is 0. The number of fused-ring (bicyclic) bond motifs is 1. The quantitative estimate of drug-likeness (QED) is 0.873. The summed E-state index contributed by atoms with van der Waals surface area (Å²) in [6.45, 7) is 4.27. The van der Waals surface area contributed by atoms with Gasteiger partial charge in [0.1, 0.15) is 0 Å². The highest BCUT2D eigenvalue weighted by Crippen LogP contribution is 2.33. The Balaban J connectivity index is 1.90. The molecule has 1 fully saturated rings. The number of hydrogen-bond donors (Lipinski definition) is 0. The van der Waals surface area contributed by atoms with Gasteiger partial charge in [-0.05, 0) is 36.6 Å². The number of thioether (sulfide) groups is 1. The van der Waals surface area contributed by atoms with E-state index in [4.69, 9.17) is 0 Å². The van der Waals surface area contributed by atoms with Crippen molar-refractivity contribution in [3.05, 3.63) is 36.0 Å². The number of anilines is 1. The molecule has 1 atom stereocenters. The molecule has 0 N–H and O–H groups in total. The minimum atomic E-state index is 0.107. The molecule has 1 aromatic heterocycles. The van der Waals surface area contributed by atoms with Crippen LogP contribution in [0.15, 0.2) is 30.5 Å². The highest BCUT2D eigenvalue weighted by Gasteiger charge is 2.31. The highest BCUT2D eigenvalue weighted by molar-refractivity contribution is 8.13. The number of hydrogen-bond acceptors (Lipinski definition) is 4. The molecule has 1 saturated heterocycles. The lowest BCUT2D eigenvalue weighted by atomic mass is 10.1. The maximum absolute atomic E-state index is 12.4. The molecule has 0 aliphatic carbocycles. The molecule has 2 aromatic rings. The number of aryl methyl sites for hydroxylation is 1. The van der Waals surface area contributed by atoms with Crippen molar-refractivity contribution in [2.24, 2.45) is 5.92 Å². The van der Waals surface area contributed by atoms with Crippen LogP contribution in [0.5, 0.6) is 0 Å². The van der Waals surface area contributed by atoms with Crippen LogP contribution < -0.4 is 4.90 Å². The van der Waals surface area contributed by atoms with E-state index in [1.54, 1.807) is 13.1 Å². The average molecular weight is 314 g/mol. The Morgan fingerprint density at radius 1 is 1.41 bits per heavy atom. The normalized spacial score (nSPS) is 18.2. The van der Waals surface area contributed by atoms with Crippen molar-refractivity contribution < 1.29 is 9.59 Å². The van der Waals surface area contributed by atoms with Crippen molar-refractivity contribution in [1.29, 1.82) is 0 Å². The Kier molecular flexibility index (Phi) is 4.16. The molecule has 3 rings (SSSR count). The maximum Gasteiger partial charge on any atom is 0.227 e. The molecule has 1 aliphatic heterocycles. The van der Waals surface area contributed by atoms with Gasteiger partial charge in [0.2, 0.25) is 5.91 Å². The lowest BCUT2D eigenvalue weighted by Gasteiger charge is -2.19. The van der Waals surface area contributed by atoms with Gasteiger partial charge in [-0.3, -0.25) is 14.6 Å². The average Bonchev–Trinajstić information content (AvgIpc) is 2.87. The lowest BCUT2D eigenvalue weighted by Crippen LogP contribution is -2.25. The summed E-state index contributed by atoms with van der Waals surface area (Å²) in [4.78, 5) is 29.7. The first kappa shape index (κ1) is 15.0. The van der Waals surface area contributed by atoms with Crippen LogP contribution in [-0.2, 0) is 9.59 Å². The second-order valence-corrected chi connectivity index (χ2v) is 6.88. The van der Waals surface area contributed by atoms with Crippen LogP contribution in [0.25, 0.3) is 10.9 Å². The van der Waals surface area contributed by atoms with Crippen LogP contribution in [0.3, 0.4) is 0 Å². The zero-order valence-corrected chi connectivity index (χ0v) is 13.5. The summed E-state index contributed by atoms with van der Waals surface area (Å²) in [5.74, 6) is 1.07. The number of aromatic nitrogens is 1. The summed E-state index contributed by atoms with van der Waals surface area (Å²) in [6.07, 6.45) is 2.28. The topological polar surface area (TPSA) is 50.3 Å². The van der Waals surface area contributed by atoms with E-state index in [0.29, 0.717) is 18.7 Å². The summed E-state index contributed by atoms with van der Waals surface area (Å²) in [5.41, 5.74) is 2.97. The third-order valence-corrected chi connectivity index (χ3v) is 5.01. The first-order chi connectivity index (χ1) is 10.6. The fourth-order valence-corrected chi connectivity index (χ4v) is 3.59. The van der Waals surface area contributed by atoms with E-state index < -0.39 is 0 Å². The Bertz CT molecular complexity index is 745. The zero-order chi connectivity index (χ0) is 15.7. The van der Waals surface area contributed by atoms with E-state index in [0.717, 1.165) is 22.2 Å². The van der Waals surface area contributed by atoms with Crippen LogP contribution in [0.4, 0.5) is 5.69 Å². The lowest BCUT2D eigenvalue weighted by molar-refractivity contribution is -0.117. The van der Waals surface area contributed by atoms with Gasteiger partial charge in [0, 0.05) is 37.2 Å². The number of nitrogens with zero attached hydrogens (tertiary/aromatic N) is 2. The molecule has 1 aliphatic rings. The van der Waals surface area contributed by atoms with Crippen molar-refractivity contribution in [2.75, 3.05) is 17.2 Å². The van der Waals surface area contributed by atoms with Gasteiger partial charge >= 0.3 is 0 Å². The molecule has 1 amide bonds. The van der Waals surface area contributed by atoms with Crippen LogP contribution >= 0.6 is 11.8 Å². The van der Waals surface area contributed by atoms with Crippen LogP contribution in [0, 0.1) is 12.8 Å². The van der Waals surface area contributed by atoms with E-state index in [1.165, 1.54) is 11.8 Å². The molecule has 0 saturated carbocycles. The van der Waals surface area contributed by atoms with Gasteiger partial charge in [-0.15, -0.1) is 0 Å². The Morgan fingerprint density at radius 2 is 2.23 bits per heavy atom. The van der Waals surface area contributed by atoms with E-state index in [1.807, 2.05) is 36.1 Å². The fourth-order valence-electron chi connectivity index (χ4n) is 2.90. The summed E-state index contributed by atoms with van der Waals surface area (Å²) in [6, 6.07) is 7.91. The van der Waals surface area contributed by atoms with E-state index in [2.05, 4.69) is 4.98 Å². The monoisotopic (exact) mass is 314 g/mol. The van der Waals surface area contributed by atoms with Gasteiger partial charge < -0.3 is 4.90 Å². The van der Waals surface area contributed by atoms with Crippen LogP contribution in [0.1, 0.15) is 18.9 Å². The number of benzene rings is 1. The zero-order valence-electron chi connectivity index (χ0n) is 12.7. The molecular weight excluding hydrogens is 296 g/mol. The number of pyridine rings is 1. The minimum absolute atomic E-state index is 0.107. The Hall–Kier alpha value is -1.88. The van der Waals surface area contributed by atoms with Gasteiger partial charge in [-0.25, -0.2) is 0 Å². The number of carbonyl (C=O) groups is 2. The second-order valence-electron chi connectivity index (χ2n) is 5.68. The van der Waals surface area contributed by atoms with Crippen molar-refractivity contribution in [1.82, 2.24) is 4.98 Å². The molecule has 114 valence electrons. The SMILES string of the molecule is CC(=O)SCC1CC(=O)N(c2ccc(C)c3ncccc23)C1. The number of amides is 1. The molecule has 4 nitrogen and oxygen atoms in total. The van der Waals surface area contributed by atoms with E-state index in [9.17, 15) is 9.59 Å². The fraction of sp³-hybridized carbons (Fsp3) is 0.353. The molecule has 0 radical (unpaired) electrons. The number of rotatable bonds is 3. The van der Waals surface area contributed by atoms with Crippen LogP contribution in [0.2, 0.25) is 0 Å². The summed E-state index contributed by atoms with van der Waals surface area (Å²) >= 11 is 1.30. The van der Waals surface area contributed by atoms with Crippen molar-refractivity contribution in [3.8, 4) is 0 Å². The second kappa shape index (κ2) is 6.08. The molecule has 2 heterocycles. The molecule has 5 heteroatoms. The molecule has 0 spiro atoms. The van der Waals surface area contributed by atoms with Crippen molar-refractivity contribution in [2.45, 2.75) is 20.3 Å².